The SMILES string of the molecule is NN=C(c1ccc(Br)cc1)C12C[NH+]3C[NH+](C[NH+](C3)C1)C2. The first-order valence-corrected chi connectivity index (χ1v) is 8.03. The molecule has 4 aliphatic rings. The highest BCUT2D eigenvalue weighted by Crippen LogP contribution is 2.23. The number of hydrogen-bond acceptors (Lipinski definition) is 2. The van der Waals surface area contributed by atoms with Crippen molar-refractivity contribution >= 4 is 21.6 Å². The Morgan fingerprint density at radius 2 is 1.50 bits per heavy atom. The number of nitrogens with two attached hydrogens (primary N) is 1. The number of quaternary nitrogens is 3. The second-order valence-electron chi connectivity index (χ2n) is 6.58. The van der Waals surface area contributed by atoms with Gasteiger partial charge in [-0.1, -0.05) is 28.1 Å². The standard InChI is InChI=1S/C14H18BrN5/c15-12-3-1-11(2-4-12)13(17-16)14-5-18-8-19(6-14)10-20(7-14)9-18/h1-4H,5-10,16H2/p+3. The van der Waals surface area contributed by atoms with Crippen LogP contribution in [0.2, 0.25) is 0 Å². The van der Waals surface area contributed by atoms with Crippen molar-refractivity contribution in [3.05, 3.63) is 34.3 Å². The van der Waals surface area contributed by atoms with Crippen molar-refractivity contribution in [2.75, 3.05) is 39.6 Å². The Morgan fingerprint density at radius 3 is 1.95 bits per heavy atom. The van der Waals surface area contributed by atoms with E-state index < -0.39 is 0 Å². The fraction of sp³-hybridized carbons (Fsp3) is 0.500. The Bertz CT molecular complexity index is 518. The highest BCUT2D eigenvalue weighted by atomic mass is 79.9. The summed E-state index contributed by atoms with van der Waals surface area (Å²) >= 11 is 3.50. The van der Waals surface area contributed by atoms with E-state index >= 15 is 0 Å². The van der Waals surface area contributed by atoms with Crippen molar-refractivity contribution in [2.45, 2.75) is 0 Å². The molecule has 20 heavy (non-hydrogen) atoms. The van der Waals surface area contributed by atoms with Crippen LogP contribution >= 0.6 is 15.9 Å². The molecule has 0 unspecified atom stereocenters. The smallest absolute Gasteiger partial charge is 0.213 e. The molecule has 0 saturated carbocycles. The van der Waals surface area contributed by atoms with Gasteiger partial charge in [0.05, 0.1) is 5.71 Å². The quantitative estimate of drug-likeness (QED) is 0.254. The maximum atomic E-state index is 5.81. The van der Waals surface area contributed by atoms with Gasteiger partial charge in [-0.2, -0.15) is 5.10 Å². The number of hydrogen-bond donors (Lipinski definition) is 4. The van der Waals surface area contributed by atoms with E-state index in [1.165, 1.54) is 45.2 Å². The van der Waals surface area contributed by atoms with E-state index in [1.807, 2.05) is 0 Å². The Morgan fingerprint density at radius 1 is 1.00 bits per heavy atom. The van der Waals surface area contributed by atoms with Gasteiger partial charge >= 0.3 is 0 Å². The van der Waals surface area contributed by atoms with Gasteiger partial charge in [0, 0.05) is 4.47 Å². The van der Waals surface area contributed by atoms with Crippen molar-refractivity contribution < 1.29 is 14.7 Å². The summed E-state index contributed by atoms with van der Waals surface area (Å²) in [6.07, 6.45) is 0. The maximum Gasteiger partial charge on any atom is 0.213 e. The summed E-state index contributed by atoms with van der Waals surface area (Å²) in [4.78, 5) is 5.12. The molecule has 4 aliphatic heterocycles. The van der Waals surface area contributed by atoms with Gasteiger partial charge in [-0.05, 0) is 17.7 Å². The minimum atomic E-state index is 0.164. The summed E-state index contributed by atoms with van der Waals surface area (Å²) in [5, 5.41) is 4.24. The van der Waals surface area contributed by atoms with Crippen LogP contribution in [0.3, 0.4) is 0 Å². The fourth-order valence-electron chi connectivity index (χ4n) is 4.62. The van der Waals surface area contributed by atoms with Crippen LogP contribution < -0.4 is 20.5 Å². The van der Waals surface area contributed by atoms with E-state index in [2.05, 4.69) is 45.3 Å². The Hall–Kier alpha value is -0.950. The summed E-state index contributed by atoms with van der Waals surface area (Å²) < 4.78 is 1.10. The first kappa shape index (κ1) is 12.8. The average Bonchev–Trinajstić information content (AvgIpc) is 2.40. The molecule has 4 heterocycles. The van der Waals surface area contributed by atoms with Gasteiger partial charge < -0.3 is 5.84 Å². The first-order valence-electron chi connectivity index (χ1n) is 7.23. The monoisotopic (exact) mass is 338 g/mol. The highest BCUT2D eigenvalue weighted by molar-refractivity contribution is 9.10. The molecule has 4 bridgehead atoms. The largest absolute Gasteiger partial charge is 0.323 e. The van der Waals surface area contributed by atoms with E-state index in [-0.39, 0.29) is 5.41 Å². The molecular weight excluding hydrogens is 318 g/mol. The molecule has 0 amide bonds. The van der Waals surface area contributed by atoms with Crippen LogP contribution in [0.1, 0.15) is 5.56 Å². The van der Waals surface area contributed by atoms with Crippen molar-refractivity contribution in [1.29, 1.82) is 0 Å². The number of halogens is 1. The molecule has 106 valence electrons. The van der Waals surface area contributed by atoms with Crippen molar-refractivity contribution in [3.8, 4) is 0 Å². The van der Waals surface area contributed by atoms with Gasteiger partial charge in [-0.15, -0.1) is 0 Å². The molecular formula is C14H21BrN5+3. The normalized spacial score (nSPS) is 39.2. The number of hydrazone groups is 1. The molecule has 5 N–H and O–H groups in total. The molecule has 1 aromatic carbocycles. The van der Waals surface area contributed by atoms with Gasteiger partial charge in [0.1, 0.15) is 19.6 Å². The lowest BCUT2D eigenvalue weighted by atomic mass is 9.74. The van der Waals surface area contributed by atoms with Crippen molar-refractivity contribution in [1.82, 2.24) is 0 Å². The Labute approximate surface area is 127 Å². The molecule has 0 radical (unpaired) electrons. The number of benzene rings is 1. The van der Waals surface area contributed by atoms with Crippen molar-refractivity contribution in [3.63, 3.8) is 0 Å². The molecule has 0 aromatic heterocycles. The third-order valence-corrected chi connectivity index (χ3v) is 5.54. The molecule has 4 fully saturated rings. The average molecular weight is 339 g/mol. The lowest BCUT2D eigenvalue weighted by molar-refractivity contribution is -1.30. The molecule has 5 nitrogen and oxygen atoms in total. The van der Waals surface area contributed by atoms with Crippen LogP contribution in [0.5, 0.6) is 0 Å². The van der Waals surface area contributed by atoms with Crippen molar-refractivity contribution in [2.24, 2.45) is 16.4 Å². The third kappa shape index (κ3) is 1.90. The number of nitrogens with one attached hydrogen (secondary N) is 3. The second-order valence-corrected chi connectivity index (χ2v) is 7.49. The molecule has 5 rings (SSSR count). The molecule has 0 atom stereocenters. The zero-order valence-electron chi connectivity index (χ0n) is 11.5. The van der Waals surface area contributed by atoms with Gasteiger partial charge in [0.2, 0.25) is 20.0 Å². The van der Waals surface area contributed by atoms with Crippen LogP contribution in [-0.4, -0.2) is 45.4 Å². The van der Waals surface area contributed by atoms with E-state index in [9.17, 15) is 0 Å². The van der Waals surface area contributed by atoms with Crippen LogP contribution in [0.25, 0.3) is 0 Å². The summed E-state index contributed by atoms with van der Waals surface area (Å²) in [5.41, 5.74) is 2.45. The zero-order valence-corrected chi connectivity index (χ0v) is 13.0. The summed E-state index contributed by atoms with van der Waals surface area (Å²) in [5.74, 6) is 5.81. The van der Waals surface area contributed by atoms with Crippen LogP contribution in [-0.2, 0) is 0 Å². The number of rotatable bonds is 2. The van der Waals surface area contributed by atoms with E-state index in [0.29, 0.717) is 0 Å². The highest BCUT2D eigenvalue weighted by Gasteiger charge is 2.60. The molecule has 1 aromatic rings. The molecule has 6 heteroatoms. The Kier molecular flexibility index (Phi) is 2.89. The van der Waals surface area contributed by atoms with Crippen LogP contribution in [0.15, 0.2) is 33.8 Å². The predicted molar refractivity (Wildman–Crippen MR) is 79.4 cm³/mol. The van der Waals surface area contributed by atoms with E-state index in [1.54, 1.807) is 14.7 Å². The van der Waals surface area contributed by atoms with Gasteiger partial charge in [0.15, 0.2) is 5.41 Å². The lowest BCUT2D eigenvalue weighted by Gasteiger charge is -2.52. The van der Waals surface area contributed by atoms with Gasteiger partial charge in [-0.3, -0.25) is 0 Å². The molecule has 0 spiro atoms. The minimum Gasteiger partial charge on any atom is -0.323 e. The molecule has 0 aliphatic carbocycles. The minimum absolute atomic E-state index is 0.164. The van der Waals surface area contributed by atoms with Gasteiger partial charge in [-0.25, -0.2) is 14.7 Å². The molecule has 4 saturated heterocycles. The number of nitrogens with zero attached hydrogens (tertiary/aromatic N) is 1. The van der Waals surface area contributed by atoms with E-state index in [0.717, 1.165) is 10.2 Å². The third-order valence-electron chi connectivity index (χ3n) is 5.01. The first-order chi connectivity index (χ1) is 9.68. The van der Waals surface area contributed by atoms with Crippen LogP contribution in [0.4, 0.5) is 0 Å². The topological polar surface area (TPSA) is 51.7 Å². The Balaban J connectivity index is 1.73. The predicted octanol–water partition coefficient (Wildman–Crippen LogP) is -3.33. The van der Waals surface area contributed by atoms with Gasteiger partial charge in [0.25, 0.3) is 0 Å². The zero-order chi connectivity index (χ0) is 13.7. The van der Waals surface area contributed by atoms with Crippen LogP contribution in [0, 0.1) is 5.41 Å². The summed E-state index contributed by atoms with van der Waals surface area (Å²) in [7, 11) is 0. The second kappa shape index (κ2) is 4.53. The maximum absolute atomic E-state index is 5.81. The van der Waals surface area contributed by atoms with E-state index in [4.69, 9.17) is 5.84 Å². The lowest BCUT2D eigenvalue weighted by Crippen LogP contribution is -3.56. The summed E-state index contributed by atoms with van der Waals surface area (Å²) in [6.45, 7) is 7.36. The summed E-state index contributed by atoms with van der Waals surface area (Å²) in [6, 6.07) is 8.42. The fourth-order valence-corrected chi connectivity index (χ4v) is 4.89.